The van der Waals surface area contributed by atoms with Crippen molar-refractivity contribution in [2.24, 2.45) is 22.9 Å². The number of carboxylic acids is 1. The standard InChI is InChI=1S/C19H35N7O8/c1-9(27)15(19(33)34)26-18(32)12(5-6-13(22)28)25-17(31)11(4-2-3-7-20)24-16(30)10(21)8-14(23)29/h9-12,15,27H,2-8,20-21H2,1H3,(H2,22,28)(H2,23,29)(H,24,30)(H,25,31)(H,26,32)(H,33,34). The number of amides is 5. The predicted molar refractivity (Wildman–Crippen MR) is 118 cm³/mol. The molecule has 0 aromatic rings. The van der Waals surface area contributed by atoms with Crippen LogP contribution in [0.1, 0.15) is 45.4 Å². The molecular formula is C19H35N7O8. The second-order valence-electron chi connectivity index (χ2n) is 7.75. The summed E-state index contributed by atoms with van der Waals surface area (Å²) in [6.45, 7) is 1.47. The van der Waals surface area contributed by atoms with E-state index < -0.39 is 72.2 Å². The zero-order valence-electron chi connectivity index (χ0n) is 19.0. The van der Waals surface area contributed by atoms with Crippen LogP contribution in [0.4, 0.5) is 0 Å². The Kier molecular flexibility index (Phi) is 14.0. The van der Waals surface area contributed by atoms with E-state index in [1.807, 2.05) is 0 Å². The zero-order valence-corrected chi connectivity index (χ0v) is 19.0. The lowest BCUT2D eigenvalue weighted by Crippen LogP contribution is -2.58. The van der Waals surface area contributed by atoms with Gasteiger partial charge in [0, 0.05) is 6.42 Å². The highest BCUT2D eigenvalue weighted by Gasteiger charge is 2.32. The molecule has 0 aromatic heterocycles. The predicted octanol–water partition coefficient (Wildman–Crippen LogP) is -4.50. The van der Waals surface area contributed by atoms with Crippen LogP contribution in [0.2, 0.25) is 0 Å². The Morgan fingerprint density at radius 2 is 1.35 bits per heavy atom. The van der Waals surface area contributed by atoms with E-state index in [1.165, 1.54) is 0 Å². The van der Waals surface area contributed by atoms with Crippen molar-refractivity contribution in [1.82, 2.24) is 16.0 Å². The van der Waals surface area contributed by atoms with Gasteiger partial charge >= 0.3 is 5.97 Å². The minimum absolute atomic E-state index is 0.105. The molecule has 0 saturated carbocycles. The molecule has 0 aliphatic rings. The molecule has 0 aromatic carbocycles. The number of aliphatic hydroxyl groups excluding tert-OH is 1. The molecule has 34 heavy (non-hydrogen) atoms. The molecule has 0 rings (SSSR count). The fourth-order valence-corrected chi connectivity index (χ4v) is 2.82. The Balaban J connectivity index is 5.58. The molecule has 194 valence electrons. The van der Waals surface area contributed by atoms with Crippen molar-refractivity contribution >= 4 is 35.5 Å². The summed E-state index contributed by atoms with van der Waals surface area (Å²) in [6.07, 6.45) is -1.46. The van der Waals surface area contributed by atoms with Crippen LogP contribution < -0.4 is 38.9 Å². The van der Waals surface area contributed by atoms with Gasteiger partial charge < -0.3 is 49.1 Å². The molecule has 0 bridgehead atoms. The number of nitrogens with two attached hydrogens (primary N) is 4. The van der Waals surface area contributed by atoms with Gasteiger partial charge in [0.2, 0.25) is 29.5 Å². The summed E-state index contributed by atoms with van der Waals surface area (Å²) >= 11 is 0. The fraction of sp³-hybridized carbons (Fsp3) is 0.684. The third-order valence-corrected chi connectivity index (χ3v) is 4.70. The summed E-state index contributed by atoms with van der Waals surface area (Å²) in [5.41, 5.74) is 21.2. The van der Waals surface area contributed by atoms with Crippen molar-refractivity contribution in [2.75, 3.05) is 6.54 Å². The van der Waals surface area contributed by atoms with Crippen molar-refractivity contribution in [3.63, 3.8) is 0 Å². The minimum Gasteiger partial charge on any atom is -0.480 e. The molecule has 0 heterocycles. The number of rotatable bonds is 17. The van der Waals surface area contributed by atoms with Gasteiger partial charge in [-0.25, -0.2) is 4.79 Å². The molecule has 13 N–H and O–H groups in total. The summed E-state index contributed by atoms with van der Waals surface area (Å²) in [5.74, 6) is -5.75. The molecule has 0 fully saturated rings. The first-order chi connectivity index (χ1) is 15.8. The first-order valence-corrected chi connectivity index (χ1v) is 10.6. The molecular weight excluding hydrogens is 454 g/mol. The van der Waals surface area contributed by atoms with Gasteiger partial charge in [0.1, 0.15) is 12.1 Å². The first kappa shape index (κ1) is 30.7. The molecule has 5 amide bonds. The van der Waals surface area contributed by atoms with Crippen LogP contribution in [-0.2, 0) is 28.8 Å². The molecule has 0 saturated heterocycles. The van der Waals surface area contributed by atoms with E-state index in [4.69, 9.17) is 28.0 Å². The van der Waals surface area contributed by atoms with Gasteiger partial charge in [-0.1, -0.05) is 0 Å². The van der Waals surface area contributed by atoms with Crippen LogP contribution in [0.25, 0.3) is 0 Å². The lowest BCUT2D eigenvalue weighted by molar-refractivity contribution is -0.145. The Morgan fingerprint density at radius 1 is 0.824 bits per heavy atom. The van der Waals surface area contributed by atoms with Crippen LogP contribution in [0, 0.1) is 0 Å². The maximum absolute atomic E-state index is 12.9. The Hall–Kier alpha value is -3.30. The van der Waals surface area contributed by atoms with E-state index in [-0.39, 0.29) is 19.3 Å². The Morgan fingerprint density at radius 3 is 1.82 bits per heavy atom. The molecule has 5 unspecified atom stereocenters. The molecule has 15 heteroatoms. The van der Waals surface area contributed by atoms with Crippen molar-refractivity contribution in [2.45, 2.75) is 75.7 Å². The molecule has 0 spiro atoms. The number of unbranched alkanes of at least 4 members (excludes halogenated alkanes) is 1. The van der Waals surface area contributed by atoms with E-state index >= 15 is 0 Å². The van der Waals surface area contributed by atoms with E-state index in [2.05, 4.69) is 16.0 Å². The fourth-order valence-electron chi connectivity index (χ4n) is 2.82. The number of carbonyl (C=O) groups is 6. The monoisotopic (exact) mass is 489 g/mol. The van der Waals surface area contributed by atoms with Gasteiger partial charge in [0.05, 0.1) is 18.6 Å². The molecule has 5 atom stereocenters. The zero-order chi connectivity index (χ0) is 26.4. The highest BCUT2D eigenvalue weighted by molar-refractivity contribution is 5.95. The van der Waals surface area contributed by atoms with E-state index in [9.17, 15) is 33.9 Å². The minimum atomic E-state index is -1.67. The highest BCUT2D eigenvalue weighted by Crippen LogP contribution is 2.06. The maximum atomic E-state index is 12.9. The maximum Gasteiger partial charge on any atom is 0.328 e. The number of hydrogen-bond donors (Lipinski definition) is 9. The second kappa shape index (κ2) is 15.5. The Labute approximate surface area is 196 Å². The number of nitrogens with one attached hydrogen (secondary N) is 3. The van der Waals surface area contributed by atoms with Crippen LogP contribution in [0.3, 0.4) is 0 Å². The van der Waals surface area contributed by atoms with Crippen molar-refractivity contribution in [1.29, 1.82) is 0 Å². The van der Waals surface area contributed by atoms with Crippen LogP contribution >= 0.6 is 0 Å². The van der Waals surface area contributed by atoms with Crippen LogP contribution in [-0.4, -0.2) is 82.5 Å². The number of aliphatic hydroxyl groups is 1. The average Bonchev–Trinajstić information content (AvgIpc) is 2.72. The number of primary amides is 2. The summed E-state index contributed by atoms with van der Waals surface area (Å²) in [5, 5.41) is 25.6. The lowest BCUT2D eigenvalue weighted by Gasteiger charge is -2.25. The van der Waals surface area contributed by atoms with Crippen molar-refractivity contribution < 1.29 is 39.0 Å². The molecule has 0 radical (unpaired) electrons. The summed E-state index contributed by atoms with van der Waals surface area (Å²) in [7, 11) is 0. The average molecular weight is 490 g/mol. The van der Waals surface area contributed by atoms with Gasteiger partial charge in [-0.3, -0.25) is 24.0 Å². The third kappa shape index (κ3) is 12.1. The number of carboxylic acid groups (broad SMARTS) is 1. The number of aliphatic carboxylic acids is 1. The number of carbonyl (C=O) groups excluding carboxylic acids is 5. The van der Waals surface area contributed by atoms with Gasteiger partial charge in [0.25, 0.3) is 0 Å². The summed E-state index contributed by atoms with van der Waals surface area (Å²) < 4.78 is 0. The van der Waals surface area contributed by atoms with Crippen LogP contribution in [0.5, 0.6) is 0 Å². The Bertz CT molecular complexity index is 746. The van der Waals surface area contributed by atoms with E-state index in [0.29, 0.717) is 19.4 Å². The van der Waals surface area contributed by atoms with Gasteiger partial charge in [-0.15, -0.1) is 0 Å². The largest absolute Gasteiger partial charge is 0.480 e. The van der Waals surface area contributed by atoms with Crippen LogP contribution in [0.15, 0.2) is 0 Å². The smallest absolute Gasteiger partial charge is 0.328 e. The molecule has 15 nitrogen and oxygen atoms in total. The van der Waals surface area contributed by atoms with Gasteiger partial charge in [-0.05, 0) is 39.2 Å². The quantitative estimate of drug-likeness (QED) is 0.0882. The SMILES string of the molecule is CC(O)C(NC(=O)C(CCC(N)=O)NC(=O)C(CCCCN)NC(=O)C(N)CC(N)=O)C(=O)O. The molecule has 0 aliphatic heterocycles. The summed E-state index contributed by atoms with van der Waals surface area (Å²) in [4.78, 5) is 71.2. The molecule has 0 aliphatic carbocycles. The van der Waals surface area contributed by atoms with Crippen molar-refractivity contribution in [3.05, 3.63) is 0 Å². The topological polar surface area (TPSA) is 283 Å². The normalized spacial score (nSPS) is 15.2. The van der Waals surface area contributed by atoms with Crippen molar-refractivity contribution in [3.8, 4) is 0 Å². The van der Waals surface area contributed by atoms with Gasteiger partial charge in [0.15, 0.2) is 6.04 Å². The number of hydrogen-bond acceptors (Lipinski definition) is 9. The third-order valence-electron chi connectivity index (χ3n) is 4.70. The second-order valence-corrected chi connectivity index (χ2v) is 7.75. The highest BCUT2D eigenvalue weighted by atomic mass is 16.4. The first-order valence-electron chi connectivity index (χ1n) is 10.6. The van der Waals surface area contributed by atoms with E-state index in [0.717, 1.165) is 6.92 Å². The van der Waals surface area contributed by atoms with Gasteiger partial charge in [-0.2, -0.15) is 0 Å². The van der Waals surface area contributed by atoms with E-state index in [1.54, 1.807) is 0 Å². The lowest BCUT2D eigenvalue weighted by atomic mass is 10.0. The summed E-state index contributed by atoms with van der Waals surface area (Å²) in [6, 6.07) is -5.58.